The number of H-pyrrole nitrogens is 2. The van der Waals surface area contributed by atoms with Crippen molar-refractivity contribution in [1.82, 2.24) is 14.9 Å². The maximum absolute atomic E-state index is 13.6. The van der Waals surface area contributed by atoms with Gasteiger partial charge in [0.05, 0.1) is 0 Å². The summed E-state index contributed by atoms with van der Waals surface area (Å²) in [5, 5.41) is 2.00. The highest BCUT2D eigenvalue weighted by Crippen LogP contribution is 2.33. The molecule has 1 saturated heterocycles. The van der Waals surface area contributed by atoms with E-state index >= 15 is 0 Å². The lowest BCUT2D eigenvalue weighted by Gasteiger charge is -2.32. The van der Waals surface area contributed by atoms with Crippen molar-refractivity contribution in [3.05, 3.63) is 71.6 Å². The molecule has 0 unspecified atom stereocenters. The minimum atomic E-state index is -0.190. The molecule has 0 aliphatic carbocycles. The largest absolute Gasteiger partial charge is 0.361 e. The Labute approximate surface area is 162 Å². The second-order valence-corrected chi connectivity index (χ2v) is 7.80. The molecule has 144 valence electrons. The van der Waals surface area contributed by atoms with Crippen LogP contribution >= 0.6 is 0 Å². The first-order chi connectivity index (χ1) is 13.7. The lowest BCUT2D eigenvalue weighted by atomic mass is 9.89. The van der Waals surface area contributed by atoms with Crippen molar-refractivity contribution in [3.8, 4) is 0 Å². The van der Waals surface area contributed by atoms with Crippen LogP contribution in [0.1, 0.15) is 29.9 Å². The summed E-state index contributed by atoms with van der Waals surface area (Å²) in [6, 6.07) is 9.86. The van der Waals surface area contributed by atoms with Gasteiger partial charge in [0, 0.05) is 40.7 Å². The summed E-state index contributed by atoms with van der Waals surface area (Å²) in [6.07, 6.45) is 7.10. The van der Waals surface area contributed by atoms with Crippen molar-refractivity contribution in [2.75, 3.05) is 19.6 Å². The first-order valence-electron chi connectivity index (χ1n) is 9.92. The number of aromatic nitrogens is 2. The predicted octanol–water partition coefficient (Wildman–Crippen LogP) is 5.35. The second kappa shape index (κ2) is 7.06. The summed E-state index contributed by atoms with van der Waals surface area (Å²) in [5.41, 5.74) is 4.40. The van der Waals surface area contributed by atoms with Crippen LogP contribution in [-0.2, 0) is 6.42 Å². The minimum Gasteiger partial charge on any atom is -0.361 e. The maximum atomic E-state index is 13.6. The van der Waals surface area contributed by atoms with E-state index in [0.29, 0.717) is 5.92 Å². The molecule has 1 aliphatic rings. The van der Waals surface area contributed by atoms with E-state index < -0.39 is 0 Å². The zero-order valence-electron chi connectivity index (χ0n) is 15.6. The van der Waals surface area contributed by atoms with Gasteiger partial charge >= 0.3 is 0 Å². The van der Waals surface area contributed by atoms with Gasteiger partial charge in [0.1, 0.15) is 11.6 Å². The number of hydrogen-bond acceptors (Lipinski definition) is 1. The first-order valence-corrected chi connectivity index (χ1v) is 9.92. The fraction of sp³-hybridized carbons (Fsp3) is 0.304. The van der Waals surface area contributed by atoms with Gasteiger partial charge < -0.3 is 14.9 Å². The van der Waals surface area contributed by atoms with E-state index in [0.717, 1.165) is 60.7 Å². The van der Waals surface area contributed by atoms with Crippen LogP contribution in [0.5, 0.6) is 0 Å². The van der Waals surface area contributed by atoms with Crippen LogP contribution in [0.3, 0.4) is 0 Å². The third-order valence-corrected chi connectivity index (χ3v) is 6.13. The molecule has 0 radical (unpaired) electrons. The third-order valence-electron chi connectivity index (χ3n) is 6.13. The summed E-state index contributed by atoms with van der Waals surface area (Å²) in [4.78, 5) is 8.98. The van der Waals surface area contributed by atoms with Crippen LogP contribution in [0.4, 0.5) is 8.78 Å². The van der Waals surface area contributed by atoms with E-state index in [2.05, 4.69) is 14.9 Å². The number of nitrogens with one attached hydrogen (secondary N) is 2. The standard InChI is InChI=1S/C23H23F2N3/c24-17-1-3-22-19(11-17)16(13-26-22)7-10-28-8-5-15(6-9-28)21-14-27-23-4-2-18(25)12-20(21)23/h1-4,11-15,26-27H,5-10H2. The maximum Gasteiger partial charge on any atom is 0.123 e. The summed E-state index contributed by atoms with van der Waals surface area (Å²) in [7, 11) is 0. The number of fused-ring (bicyclic) bond motifs is 2. The van der Waals surface area contributed by atoms with Gasteiger partial charge in [-0.1, -0.05) is 0 Å². The highest BCUT2D eigenvalue weighted by atomic mass is 19.1. The van der Waals surface area contributed by atoms with Crippen molar-refractivity contribution in [2.45, 2.75) is 25.2 Å². The molecule has 0 bridgehead atoms. The molecule has 2 aromatic carbocycles. The first kappa shape index (κ1) is 17.4. The summed E-state index contributed by atoms with van der Waals surface area (Å²) in [6.45, 7) is 3.03. The molecule has 0 amide bonds. The molecule has 4 aromatic rings. The summed E-state index contributed by atoms with van der Waals surface area (Å²) in [5.74, 6) is 0.0965. The number of hydrogen-bond donors (Lipinski definition) is 2. The number of likely N-dealkylation sites (tertiary alicyclic amines) is 1. The summed E-state index contributed by atoms with van der Waals surface area (Å²) >= 11 is 0. The Morgan fingerprint density at radius 1 is 0.857 bits per heavy atom. The average Bonchev–Trinajstić information content (AvgIpc) is 3.30. The van der Waals surface area contributed by atoms with Gasteiger partial charge in [-0.25, -0.2) is 8.78 Å². The van der Waals surface area contributed by atoms with E-state index in [4.69, 9.17) is 0 Å². The van der Waals surface area contributed by atoms with E-state index in [1.54, 1.807) is 18.2 Å². The van der Waals surface area contributed by atoms with Crippen molar-refractivity contribution in [3.63, 3.8) is 0 Å². The van der Waals surface area contributed by atoms with Crippen LogP contribution in [-0.4, -0.2) is 34.5 Å². The normalized spacial score (nSPS) is 16.4. The van der Waals surface area contributed by atoms with Crippen LogP contribution in [0.2, 0.25) is 0 Å². The second-order valence-electron chi connectivity index (χ2n) is 7.80. The van der Waals surface area contributed by atoms with Gasteiger partial charge in [0.15, 0.2) is 0 Å². The fourth-order valence-corrected chi connectivity index (χ4v) is 4.56. The molecule has 3 heterocycles. The molecule has 5 heteroatoms. The molecule has 1 fully saturated rings. The van der Waals surface area contributed by atoms with Gasteiger partial charge in [-0.2, -0.15) is 0 Å². The van der Waals surface area contributed by atoms with Gasteiger partial charge in [-0.3, -0.25) is 0 Å². The molecule has 0 spiro atoms. The van der Waals surface area contributed by atoms with Gasteiger partial charge in [-0.15, -0.1) is 0 Å². The highest BCUT2D eigenvalue weighted by Gasteiger charge is 2.23. The van der Waals surface area contributed by atoms with Gasteiger partial charge in [0.25, 0.3) is 0 Å². The number of halogens is 2. The van der Waals surface area contributed by atoms with Crippen LogP contribution in [0, 0.1) is 11.6 Å². The molecular formula is C23H23F2N3. The van der Waals surface area contributed by atoms with Crippen LogP contribution in [0.15, 0.2) is 48.8 Å². The van der Waals surface area contributed by atoms with Crippen molar-refractivity contribution >= 4 is 21.8 Å². The Kier molecular flexibility index (Phi) is 4.40. The van der Waals surface area contributed by atoms with Gasteiger partial charge in [0.2, 0.25) is 0 Å². The van der Waals surface area contributed by atoms with E-state index in [1.165, 1.54) is 23.3 Å². The lowest BCUT2D eigenvalue weighted by Crippen LogP contribution is -2.34. The topological polar surface area (TPSA) is 34.8 Å². The van der Waals surface area contributed by atoms with Crippen molar-refractivity contribution < 1.29 is 8.78 Å². The van der Waals surface area contributed by atoms with Crippen LogP contribution in [0.25, 0.3) is 21.8 Å². The predicted molar refractivity (Wildman–Crippen MR) is 109 cm³/mol. The molecule has 0 saturated carbocycles. The zero-order valence-corrected chi connectivity index (χ0v) is 15.6. The van der Waals surface area contributed by atoms with Crippen molar-refractivity contribution in [2.24, 2.45) is 0 Å². The number of rotatable bonds is 4. The number of aromatic amines is 2. The molecule has 3 nitrogen and oxygen atoms in total. The molecule has 2 aromatic heterocycles. The Balaban J connectivity index is 1.23. The number of benzene rings is 2. The average molecular weight is 379 g/mol. The molecule has 5 rings (SSSR count). The van der Waals surface area contributed by atoms with Crippen molar-refractivity contribution in [1.29, 1.82) is 0 Å². The SMILES string of the molecule is Fc1ccc2[nH]cc(CCN3CCC(c4c[nH]c5ccc(F)cc45)CC3)c2c1. The molecule has 2 N–H and O–H groups in total. The third kappa shape index (κ3) is 3.20. The number of piperidine rings is 1. The highest BCUT2D eigenvalue weighted by molar-refractivity contribution is 5.84. The minimum absolute atomic E-state index is 0.180. The molecule has 1 aliphatic heterocycles. The zero-order chi connectivity index (χ0) is 19.1. The number of nitrogens with zero attached hydrogens (tertiary/aromatic N) is 1. The van der Waals surface area contributed by atoms with E-state index in [9.17, 15) is 8.78 Å². The lowest BCUT2D eigenvalue weighted by molar-refractivity contribution is 0.215. The fourth-order valence-electron chi connectivity index (χ4n) is 4.56. The molecular weight excluding hydrogens is 356 g/mol. The van der Waals surface area contributed by atoms with Gasteiger partial charge in [-0.05, 0) is 85.8 Å². The summed E-state index contributed by atoms with van der Waals surface area (Å²) < 4.78 is 27.2. The quantitative estimate of drug-likeness (QED) is 0.493. The Bertz CT molecular complexity index is 1120. The molecule has 0 atom stereocenters. The van der Waals surface area contributed by atoms with E-state index in [-0.39, 0.29) is 11.6 Å². The Morgan fingerprint density at radius 2 is 1.50 bits per heavy atom. The molecule has 28 heavy (non-hydrogen) atoms. The monoisotopic (exact) mass is 379 g/mol. The smallest absolute Gasteiger partial charge is 0.123 e. The van der Waals surface area contributed by atoms with Crippen LogP contribution < -0.4 is 0 Å². The van der Waals surface area contributed by atoms with E-state index in [1.807, 2.05) is 18.5 Å². The Morgan fingerprint density at radius 3 is 2.25 bits per heavy atom. The Hall–Kier alpha value is -2.66.